The third-order valence-corrected chi connectivity index (χ3v) is 4.95. The lowest BCUT2D eigenvalue weighted by Gasteiger charge is -2.28. The molecule has 0 bridgehead atoms. The van der Waals surface area contributed by atoms with Crippen LogP contribution in [0.25, 0.3) is 11.0 Å². The Kier molecular flexibility index (Phi) is 3.68. The quantitative estimate of drug-likeness (QED) is 0.794. The van der Waals surface area contributed by atoms with Crippen LogP contribution in [0, 0.1) is 18.6 Å². The zero-order valence-corrected chi connectivity index (χ0v) is 14.3. The second-order valence-electron chi connectivity index (χ2n) is 6.50. The van der Waals surface area contributed by atoms with Crippen LogP contribution < -0.4 is 10.2 Å². The van der Waals surface area contributed by atoms with Crippen LogP contribution in [0.3, 0.4) is 0 Å². The van der Waals surface area contributed by atoms with Crippen molar-refractivity contribution in [3.63, 3.8) is 0 Å². The van der Waals surface area contributed by atoms with Gasteiger partial charge in [-0.15, -0.1) is 0 Å². The highest BCUT2D eigenvalue weighted by molar-refractivity contribution is 5.79. The Hall–Kier alpha value is -2.54. The van der Waals surface area contributed by atoms with Gasteiger partial charge in [0.25, 0.3) is 0 Å². The van der Waals surface area contributed by atoms with Crippen molar-refractivity contribution in [3.05, 3.63) is 47.4 Å². The third-order valence-electron chi connectivity index (χ3n) is 4.95. The number of nitrogens with zero attached hydrogens (tertiary/aromatic N) is 4. The minimum atomic E-state index is -0.576. The average molecular weight is 343 g/mol. The zero-order chi connectivity index (χ0) is 17.7. The van der Waals surface area contributed by atoms with Crippen molar-refractivity contribution >= 4 is 22.5 Å². The molecule has 0 atom stereocenters. The van der Waals surface area contributed by atoms with Crippen LogP contribution in [0.15, 0.2) is 24.4 Å². The van der Waals surface area contributed by atoms with Gasteiger partial charge in [-0.3, -0.25) is 0 Å². The largest absolute Gasteiger partial charge is 0.331 e. The van der Waals surface area contributed by atoms with Gasteiger partial charge in [0, 0.05) is 39.2 Å². The number of imidazole rings is 1. The second-order valence-corrected chi connectivity index (χ2v) is 6.50. The van der Waals surface area contributed by atoms with E-state index < -0.39 is 11.6 Å². The maximum atomic E-state index is 14.6. The Labute approximate surface area is 144 Å². The van der Waals surface area contributed by atoms with E-state index in [1.807, 2.05) is 18.5 Å². The van der Waals surface area contributed by atoms with Gasteiger partial charge in [-0.2, -0.15) is 0 Å². The van der Waals surface area contributed by atoms with E-state index in [2.05, 4.69) is 15.3 Å². The summed E-state index contributed by atoms with van der Waals surface area (Å²) < 4.78 is 31.2. The van der Waals surface area contributed by atoms with Crippen LogP contribution in [0.5, 0.6) is 0 Å². The molecule has 1 aliphatic rings. The monoisotopic (exact) mass is 343 g/mol. The highest BCUT2D eigenvalue weighted by Crippen LogP contribution is 2.32. The Morgan fingerprint density at radius 1 is 1.20 bits per heavy atom. The molecule has 0 amide bonds. The summed E-state index contributed by atoms with van der Waals surface area (Å²) in [5.74, 6) is 0.342. The fraction of sp³-hybridized carbons (Fsp3) is 0.333. The number of fused-ring (bicyclic) bond motifs is 1. The maximum Gasteiger partial charge on any atom is 0.150 e. The first kappa shape index (κ1) is 16.0. The van der Waals surface area contributed by atoms with E-state index in [4.69, 9.17) is 0 Å². The van der Waals surface area contributed by atoms with Gasteiger partial charge in [-0.25, -0.2) is 18.7 Å². The number of pyridine rings is 1. The summed E-state index contributed by atoms with van der Waals surface area (Å²) in [6.45, 7) is 3.41. The van der Waals surface area contributed by atoms with Crippen LogP contribution >= 0.6 is 0 Å². The number of aryl methyl sites for hydroxylation is 2. The summed E-state index contributed by atoms with van der Waals surface area (Å²) in [6, 6.07) is 4.64. The van der Waals surface area contributed by atoms with Crippen LogP contribution in [0.1, 0.15) is 17.3 Å². The summed E-state index contributed by atoms with van der Waals surface area (Å²) >= 11 is 0. The van der Waals surface area contributed by atoms with E-state index in [1.165, 1.54) is 17.0 Å². The number of nitrogens with one attached hydrogen (secondary N) is 1. The average Bonchev–Trinajstić information content (AvgIpc) is 2.79. The van der Waals surface area contributed by atoms with Crippen LogP contribution in [-0.4, -0.2) is 34.7 Å². The molecular weight excluding hydrogens is 324 g/mol. The summed E-state index contributed by atoms with van der Waals surface area (Å²) in [5.41, 5.74) is 2.22. The third kappa shape index (κ3) is 2.55. The van der Waals surface area contributed by atoms with Crippen molar-refractivity contribution in [1.29, 1.82) is 0 Å². The van der Waals surface area contributed by atoms with Crippen molar-refractivity contribution in [1.82, 2.24) is 19.9 Å². The lowest BCUT2D eigenvalue weighted by molar-refractivity contribution is 0.443. The van der Waals surface area contributed by atoms with E-state index in [9.17, 15) is 8.78 Å². The molecule has 3 aromatic rings. The normalized spacial score (nSPS) is 14.8. The Bertz CT molecular complexity index is 938. The van der Waals surface area contributed by atoms with E-state index in [0.29, 0.717) is 11.4 Å². The molecule has 0 radical (unpaired) electrons. The highest BCUT2D eigenvalue weighted by atomic mass is 19.1. The summed E-state index contributed by atoms with van der Waals surface area (Å²) in [4.78, 5) is 10.1. The molecule has 7 heteroatoms. The predicted octanol–water partition coefficient (Wildman–Crippen LogP) is 3.01. The minimum Gasteiger partial charge on any atom is -0.331 e. The molecule has 1 fully saturated rings. The van der Waals surface area contributed by atoms with Crippen molar-refractivity contribution in [2.24, 2.45) is 7.05 Å². The minimum absolute atomic E-state index is 0.0956. The first-order chi connectivity index (χ1) is 12.0. The summed E-state index contributed by atoms with van der Waals surface area (Å²) in [6.07, 6.45) is 1.62. The maximum absolute atomic E-state index is 14.6. The molecule has 0 spiro atoms. The topological polar surface area (TPSA) is 46.0 Å². The highest BCUT2D eigenvalue weighted by Gasteiger charge is 2.24. The summed E-state index contributed by atoms with van der Waals surface area (Å²) in [7, 11) is 3.51. The molecule has 1 N–H and O–H groups in total. The fourth-order valence-corrected chi connectivity index (χ4v) is 3.17. The molecule has 25 heavy (non-hydrogen) atoms. The van der Waals surface area contributed by atoms with Gasteiger partial charge in [0.15, 0.2) is 0 Å². The zero-order valence-electron chi connectivity index (χ0n) is 14.3. The lowest BCUT2D eigenvalue weighted by Crippen LogP contribution is -2.40. The standard InChI is InChI=1S/C18H19F2N5/c1-10-23-15-9-22-17(6-16(15)24(10)2)25(3)18-13(19)4-11(5-14(18)20)12-7-21-8-12/h4-6,9,12,21H,7-8H2,1-3H3. The predicted molar refractivity (Wildman–Crippen MR) is 93.3 cm³/mol. The molecule has 1 saturated heterocycles. The van der Waals surface area contributed by atoms with Crippen molar-refractivity contribution in [2.75, 3.05) is 25.0 Å². The fourth-order valence-electron chi connectivity index (χ4n) is 3.17. The molecule has 0 saturated carbocycles. The van der Waals surface area contributed by atoms with Gasteiger partial charge >= 0.3 is 0 Å². The molecule has 0 aliphatic carbocycles. The number of rotatable bonds is 3. The Balaban J connectivity index is 1.75. The number of halogens is 2. The van der Waals surface area contributed by atoms with Crippen molar-refractivity contribution < 1.29 is 8.78 Å². The van der Waals surface area contributed by atoms with Gasteiger partial charge in [0.1, 0.15) is 34.5 Å². The number of aromatic nitrogens is 3. The van der Waals surface area contributed by atoms with Gasteiger partial charge in [-0.1, -0.05) is 0 Å². The smallest absolute Gasteiger partial charge is 0.150 e. The number of hydrogen-bond acceptors (Lipinski definition) is 4. The Morgan fingerprint density at radius 3 is 2.48 bits per heavy atom. The van der Waals surface area contributed by atoms with E-state index in [1.54, 1.807) is 19.3 Å². The van der Waals surface area contributed by atoms with E-state index in [-0.39, 0.29) is 11.6 Å². The number of anilines is 2. The second kappa shape index (κ2) is 5.77. The van der Waals surface area contributed by atoms with Gasteiger partial charge in [0.2, 0.25) is 0 Å². The van der Waals surface area contributed by atoms with Crippen molar-refractivity contribution in [2.45, 2.75) is 12.8 Å². The van der Waals surface area contributed by atoms with Gasteiger partial charge in [0.05, 0.1) is 11.7 Å². The molecule has 3 heterocycles. The molecule has 5 nitrogen and oxygen atoms in total. The number of benzene rings is 1. The number of hydrogen-bond donors (Lipinski definition) is 1. The molecule has 1 aromatic carbocycles. The first-order valence-electron chi connectivity index (χ1n) is 8.18. The molecule has 2 aromatic heterocycles. The van der Waals surface area contributed by atoms with E-state index in [0.717, 1.165) is 29.9 Å². The van der Waals surface area contributed by atoms with Crippen LogP contribution in [0.2, 0.25) is 0 Å². The van der Waals surface area contributed by atoms with Crippen LogP contribution in [0.4, 0.5) is 20.3 Å². The first-order valence-corrected chi connectivity index (χ1v) is 8.18. The summed E-state index contributed by atoms with van der Waals surface area (Å²) in [5, 5.41) is 3.11. The SMILES string of the molecule is Cc1nc2cnc(N(C)c3c(F)cc(C4CNC4)cc3F)cc2n1C. The molecule has 4 rings (SSSR count). The molecule has 0 unspecified atom stereocenters. The molecule has 130 valence electrons. The van der Waals surface area contributed by atoms with Crippen LogP contribution in [-0.2, 0) is 7.05 Å². The molecule has 1 aliphatic heterocycles. The van der Waals surface area contributed by atoms with Gasteiger partial charge < -0.3 is 14.8 Å². The molecular formula is C18H19F2N5. The van der Waals surface area contributed by atoms with Crippen molar-refractivity contribution in [3.8, 4) is 0 Å². The lowest BCUT2D eigenvalue weighted by atomic mass is 9.93. The Morgan fingerprint density at radius 2 is 1.88 bits per heavy atom. The van der Waals surface area contributed by atoms with Gasteiger partial charge in [-0.05, 0) is 24.6 Å². The van der Waals surface area contributed by atoms with E-state index >= 15 is 0 Å².